The fraction of sp³-hybridized carbons (Fsp3) is 0.625. The molecule has 0 bridgehead atoms. The van der Waals surface area contributed by atoms with E-state index in [0.717, 1.165) is 38.0 Å². The normalized spacial score (nSPS) is 22.2. The number of aryl methyl sites for hydroxylation is 1. The molecule has 0 amide bonds. The summed E-state index contributed by atoms with van der Waals surface area (Å²) in [4.78, 5) is 2.37. The van der Waals surface area contributed by atoms with Crippen molar-refractivity contribution in [1.29, 1.82) is 0 Å². The highest BCUT2D eigenvalue weighted by atomic mass is 19.1. The maximum absolute atomic E-state index is 13.3. The molecule has 0 aliphatic carbocycles. The summed E-state index contributed by atoms with van der Waals surface area (Å²) in [7, 11) is 2.17. The molecular formula is C16H25FN2. The van der Waals surface area contributed by atoms with Crippen LogP contribution in [-0.2, 0) is 19.3 Å². The third kappa shape index (κ3) is 3.27. The van der Waals surface area contributed by atoms with Crippen molar-refractivity contribution >= 4 is 5.69 Å². The minimum atomic E-state index is -0.867. The molecule has 3 heteroatoms. The number of hydrogen-bond acceptors (Lipinski definition) is 2. The number of benzene rings is 1. The maximum Gasteiger partial charge on any atom is 0.170 e. The second-order valence-electron chi connectivity index (χ2n) is 5.23. The molecule has 0 saturated carbocycles. The van der Waals surface area contributed by atoms with Gasteiger partial charge >= 0.3 is 0 Å². The van der Waals surface area contributed by atoms with Crippen LogP contribution in [0.15, 0.2) is 12.1 Å². The van der Waals surface area contributed by atoms with Crippen LogP contribution < -0.4 is 5.32 Å². The highest BCUT2D eigenvalue weighted by Crippen LogP contribution is 2.30. The van der Waals surface area contributed by atoms with E-state index in [9.17, 15) is 4.39 Å². The first kappa shape index (κ1) is 14.3. The first-order valence-electron chi connectivity index (χ1n) is 7.46. The lowest BCUT2D eigenvalue weighted by atomic mass is 9.94. The van der Waals surface area contributed by atoms with E-state index in [1.807, 2.05) is 13.8 Å². The summed E-state index contributed by atoms with van der Waals surface area (Å²) in [6.45, 7) is 6.23. The molecule has 1 aromatic rings. The van der Waals surface area contributed by atoms with Gasteiger partial charge in [0.25, 0.3) is 0 Å². The summed E-state index contributed by atoms with van der Waals surface area (Å²) in [5.74, 6) is 0. The number of rotatable bonds is 0. The number of nitrogens with one attached hydrogen (secondary N) is 1. The quantitative estimate of drug-likeness (QED) is 0.723. The number of halogens is 1. The van der Waals surface area contributed by atoms with Gasteiger partial charge < -0.3 is 10.2 Å². The topological polar surface area (TPSA) is 15.3 Å². The standard InChI is InChI=1S/C14H19FN2.C2H6/c1-17-6-4-10-8-12-2-3-14(15)16-13(12)9-11(10)5-7-17;1-2/h8-9,14,16H,2-7H2,1H3;1-2H3. The Bertz CT molecular complexity index is 431. The van der Waals surface area contributed by atoms with E-state index in [4.69, 9.17) is 0 Å². The molecule has 1 N–H and O–H groups in total. The molecule has 0 spiro atoms. The van der Waals surface area contributed by atoms with Crippen LogP contribution in [0.2, 0.25) is 0 Å². The Labute approximate surface area is 116 Å². The number of nitrogens with zero attached hydrogens (tertiary/aromatic N) is 1. The number of fused-ring (bicyclic) bond motifs is 2. The number of anilines is 1. The van der Waals surface area contributed by atoms with Crippen molar-refractivity contribution in [3.63, 3.8) is 0 Å². The third-order valence-corrected chi connectivity index (χ3v) is 3.93. The molecular weight excluding hydrogens is 239 g/mol. The van der Waals surface area contributed by atoms with E-state index in [2.05, 4.69) is 29.4 Å². The zero-order valence-corrected chi connectivity index (χ0v) is 12.3. The highest BCUT2D eigenvalue weighted by Gasteiger charge is 2.20. The average molecular weight is 264 g/mol. The second-order valence-corrected chi connectivity index (χ2v) is 5.23. The zero-order chi connectivity index (χ0) is 13.8. The maximum atomic E-state index is 13.3. The Hall–Kier alpha value is -1.09. The van der Waals surface area contributed by atoms with Crippen molar-refractivity contribution in [2.24, 2.45) is 0 Å². The first-order valence-corrected chi connectivity index (χ1v) is 7.46. The van der Waals surface area contributed by atoms with Gasteiger partial charge in [-0.15, -0.1) is 0 Å². The summed E-state index contributed by atoms with van der Waals surface area (Å²) in [6.07, 6.45) is 2.81. The molecule has 19 heavy (non-hydrogen) atoms. The summed E-state index contributed by atoms with van der Waals surface area (Å²) in [6, 6.07) is 4.47. The van der Waals surface area contributed by atoms with Gasteiger partial charge in [0, 0.05) is 25.2 Å². The van der Waals surface area contributed by atoms with Gasteiger partial charge in [0.1, 0.15) is 0 Å². The Morgan fingerprint density at radius 1 is 1.05 bits per heavy atom. The Balaban J connectivity index is 0.000000637. The predicted molar refractivity (Wildman–Crippen MR) is 79.5 cm³/mol. The number of hydrogen-bond donors (Lipinski definition) is 1. The molecule has 1 unspecified atom stereocenters. The second kappa shape index (κ2) is 6.38. The van der Waals surface area contributed by atoms with Gasteiger partial charge in [-0.3, -0.25) is 0 Å². The monoisotopic (exact) mass is 264 g/mol. The van der Waals surface area contributed by atoms with Gasteiger partial charge in [0.05, 0.1) is 0 Å². The largest absolute Gasteiger partial charge is 0.356 e. The first-order chi connectivity index (χ1) is 9.22. The van der Waals surface area contributed by atoms with Crippen LogP contribution in [0.3, 0.4) is 0 Å². The van der Waals surface area contributed by atoms with Crippen molar-refractivity contribution < 1.29 is 4.39 Å². The minimum Gasteiger partial charge on any atom is -0.356 e. The zero-order valence-electron chi connectivity index (χ0n) is 12.3. The Morgan fingerprint density at radius 2 is 1.68 bits per heavy atom. The van der Waals surface area contributed by atoms with E-state index >= 15 is 0 Å². The fourth-order valence-electron chi connectivity index (χ4n) is 2.80. The molecule has 2 nitrogen and oxygen atoms in total. The van der Waals surface area contributed by atoms with Gasteiger partial charge in [-0.2, -0.15) is 0 Å². The lowest BCUT2D eigenvalue weighted by Crippen LogP contribution is -2.21. The molecule has 2 aliphatic rings. The van der Waals surface area contributed by atoms with Crippen molar-refractivity contribution in [1.82, 2.24) is 4.90 Å². The lowest BCUT2D eigenvalue weighted by molar-refractivity contribution is 0.344. The van der Waals surface area contributed by atoms with Crippen molar-refractivity contribution in [2.45, 2.75) is 45.8 Å². The molecule has 1 aromatic carbocycles. The lowest BCUT2D eigenvalue weighted by Gasteiger charge is -2.23. The van der Waals surface area contributed by atoms with Gasteiger partial charge in [-0.1, -0.05) is 19.9 Å². The summed E-state index contributed by atoms with van der Waals surface area (Å²) >= 11 is 0. The summed E-state index contributed by atoms with van der Waals surface area (Å²) < 4.78 is 13.3. The molecule has 0 aromatic heterocycles. The molecule has 0 saturated heterocycles. The van der Waals surface area contributed by atoms with Crippen LogP contribution in [-0.4, -0.2) is 31.3 Å². The smallest absolute Gasteiger partial charge is 0.170 e. The van der Waals surface area contributed by atoms with Crippen LogP contribution in [0.25, 0.3) is 0 Å². The number of likely N-dealkylation sites (N-methyl/N-ethyl adjacent to an activating group) is 1. The highest BCUT2D eigenvalue weighted by molar-refractivity contribution is 5.58. The Morgan fingerprint density at radius 3 is 2.37 bits per heavy atom. The van der Waals surface area contributed by atoms with E-state index in [1.165, 1.54) is 16.7 Å². The van der Waals surface area contributed by atoms with Gasteiger partial charge in [0.15, 0.2) is 6.30 Å². The number of alkyl halides is 1. The molecule has 3 rings (SSSR count). The molecule has 1 atom stereocenters. The fourth-order valence-corrected chi connectivity index (χ4v) is 2.80. The minimum absolute atomic E-state index is 0.603. The van der Waals surface area contributed by atoms with Crippen LogP contribution in [0.4, 0.5) is 10.1 Å². The molecule has 2 heterocycles. The van der Waals surface area contributed by atoms with Gasteiger partial charge in [-0.05, 0) is 49.1 Å². The molecule has 0 fully saturated rings. The molecule has 2 aliphatic heterocycles. The van der Waals surface area contributed by atoms with Crippen LogP contribution in [0.5, 0.6) is 0 Å². The summed E-state index contributed by atoms with van der Waals surface area (Å²) in [5.41, 5.74) is 5.18. The Kier molecular flexibility index (Phi) is 4.81. The van der Waals surface area contributed by atoms with E-state index in [1.54, 1.807) is 0 Å². The van der Waals surface area contributed by atoms with Gasteiger partial charge in [0.2, 0.25) is 0 Å². The predicted octanol–water partition coefficient (Wildman–Crippen LogP) is 3.40. The average Bonchev–Trinajstić information content (AvgIpc) is 2.61. The molecule has 0 radical (unpaired) electrons. The van der Waals surface area contributed by atoms with E-state index in [-0.39, 0.29) is 0 Å². The van der Waals surface area contributed by atoms with Crippen LogP contribution in [0.1, 0.15) is 37.0 Å². The van der Waals surface area contributed by atoms with Gasteiger partial charge in [-0.25, -0.2) is 4.39 Å². The van der Waals surface area contributed by atoms with Crippen molar-refractivity contribution in [3.8, 4) is 0 Å². The SMILES string of the molecule is CC.CN1CCc2cc3c(cc2CC1)NC(F)CC3. The van der Waals surface area contributed by atoms with Crippen LogP contribution in [0, 0.1) is 0 Å². The van der Waals surface area contributed by atoms with E-state index < -0.39 is 6.30 Å². The van der Waals surface area contributed by atoms with Crippen molar-refractivity contribution in [2.75, 3.05) is 25.5 Å². The third-order valence-electron chi connectivity index (χ3n) is 3.93. The van der Waals surface area contributed by atoms with Crippen LogP contribution >= 0.6 is 0 Å². The van der Waals surface area contributed by atoms with Crippen molar-refractivity contribution in [3.05, 3.63) is 28.8 Å². The van der Waals surface area contributed by atoms with E-state index in [0.29, 0.717) is 6.42 Å². The molecule has 106 valence electrons. The summed E-state index contributed by atoms with van der Waals surface area (Å²) in [5, 5.41) is 2.96.